The van der Waals surface area contributed by atoms with E-state index in [1.807, 2.05) is 48.5 Å². The van der Waals surface area contributed by atoms with E-state index >= 15 is 0 Å². The zero-order valence-corrected chi connectivity index (χ0v) is 17.7. The third kappa shape index (κ3) is 3.82. The number of carboxylic acid groups (broad SMARTS) is 1. The molecule has 2 atom stereocenters. The lowest BCUT2D eigenvalue weighted by molar-refractivity contribution is -0.163. The molecule has 6 nitrogen and oxygen atoms in total. The number of hydrogen-bond donors (Lipinski definition) is 1. The largest absolute Gasteiger partial charge is 0.481 e. The lowest BCUT2D eigenvalue weighted by atomic mass is 9.66. The zero-order chi connectivity index (χ0) is 22.0. The van der Waals surface area contributed by atoms with Gasteiger partial charge >= 0.3 is 11.9 Å². The molecule has 0 spiro atoms. The van der Waals surface area contributed by atoms with Crippen LogP contribution in [0.5, 0.6) is 0 Å². The van der Waals surface area contributed by atoms with Crippen molar-refractivity contribution in [3.8, 4) is 0 Å². The highest BCUT2D eigenvalue weighted by atomic mass is 16.5. The van der Waals surface area contributed by atoms with Gasteiger partial charge in [-0.3, -0.25) is 14.4 Å². The van der Waals surface area contributed by atoms with Crippen LogP contribution in [0.2, 0.25) is 0 Å². The summed E-state index contributed by atoms with van der Waals surface area (Å²) in [6.07, 6.45) is 4.01. The summed E-state index contributed by atoms with van der Waals surface area (Å²) in [5.41, 5.74) is 0.677. The van der Waals surface area contributed by atoms with Gasteiger partial charge in [0.25, 0.3) is 0 Å². The molecule has 1 N–H and O–H groups in total. The predicted molar refractivity (Wildman–Crippen MR) is 116 cm³/mol. The third-order valence-corrected chi connectivity index (χ3v) is 6.43. The maximum absolute atomic E-state index is 13.4. The van der Waals surface area contributed by atoms with Crippen LogP contribution in [0.3, 0.4) is 0 Å². The molecule has 31 heavy (non-hydrogen) atoms. The lowest BCUT2D eigenvalue weighted by Gasteiger charge is -2.48. The van der Waals surface area contributed by atoms with Crippen molar-refractivity contribution in [3.05, 3.63) is 59.8 Å². The highest BCUT2D eigenvalue weighted by Gasteiger charge is 2.54. The van der Waals surface area contributed by atoms with Crippen molar-refractivity contribution >= 4 is 28.6 Å². The number of carboxylic acids is 1. The van der Waals surface area contributed by atoms with E-state index in [1.165, 1.54) is 0 Å². The fourth-order valence-corrected chi connectivity index (χ4v) is 5.08. The van der Waals surface area contributed by atoms with Crippen molar-refractivity contribution < 1.29 is 24.2 Å². The van der Waals surface area contributed by atoms with E-state index in [1.54, 1.807) is 11.8 Å². The molecular weight excluding hydrogens is 394 g/mol. The van der Waals surface area contributed by atoms with Crippen molar-refractivity contribution in [1.29, 1.82) is 0 Å². The number of nitrogens with zero attached hydrogens (tertiary/aromatic N) is 1. The van der Waals surface area contributed by atoms with Crippen LogP contribution in [0, 0.1) is 11.3 Å². The number of fused-ring (bicyclic) bond motifs is 2. The van der Waals surface area contributed by atoms with Crippen LogP contribution in [-0.2, 0) is 25.7 Å². The first-order chi connectivity index (χ1) is 15.0. The Morgan fingerprint density at radius 3 is 2.74 bits per heavy atom. The number of rotatable bonds is 6. The maximum Gasteiger partial charge on any atom is 0.318 e. The van der Waals surface area contributed by atoms with Crippen molar-refractivity contribution in [2.24, 2.45) is 11.3 Å². The number of ether oxygens (including phenoxy) is 1. The predicted octanol–water partition coefficient (Wildman–Crippen LogP) is 4.28. The second-order valence-corrected chi connectivity index (χ2v) is 8.35. The number of esters is 1. The van der Waals surface area contributed by atoms with Gasteiger partial charge in [-0.25, -0.2) is 0 Å². The van der Waals surface area contributed by atoms with Gasteiger partial charge in [-0.1, -0.05) is 48.5 Å². The monoisotopic (exact) mass is 421 g/mol. The van der Waals surface area contributed by atoms with E-state index in [0.29, 0.717) is 18.7 Å². The maximum atomic E-state index is 13.4. The molecule has 1 aliphatic carbocycles. The van der Waals surface area contributed by atoms with Gasteiger partial charge in [0.1, 0.15) is 5.41 Å². The Kier molecular flexibility index (Phi) is 5.81. The summed E-state index contributed by atoms with van der Waals surface area (Å²) in [4.78, 5) is 39.8. The molecule has 6 heteroatoms. The molecule has 0 radical (unpaired) electrons. The summed E-state index contributed by atoms with van der Waals surface area (Å²) in [6, 6.07) is 13.9. The Morgan fingerprint density at radius 1 is 1.19 bits per heavy atom. The molecule has 1 fully saturated rings. The zero-order valence-electron chi connectivity index (χ0n) is 17.7. The molecule has 1 aliphatic heterocycles. The van der Waals surface area contributed by atoms with E-state index in [9.17, 15) is 19.5 Å². The second-order valence-electron chi connectivity index (χ2n) is 8.35. The number of carbonyl (C=O) groups excluding carboxylic acids is 2. The minimum atomic E-state index is -1.04. The van der Waals surface area contributed by atoms with Crippen LogP contribution in [0.25, 0.3) is 10.8 Å². The van der Waals surface area contributed by atoms with Gasteiger partial charge < -0.3 is 14.7 Å². The molecule has 4 rings (SSSR count). The number of benzene rings is 2. The molecule has 2 aromatic rings. The smallest absolute Gasteiger partial charge is 0.318 e. The van der Waals surface area contributed by atoms with Gasteiger partial charge in [0.05, 0.1) is 25.5 Å². The Balaban J connectivity index is 1.79. The van der Waals surface area contributed by atoms with Gasteiger partial charge in [-0.2, -0.15) is 0 Å². The van der Waals surface area contributed by atoms with E-state index in [2.05, 4.69) is 0 Å². The van der Waals surface area contributed by atoms with E-state index in [-0.39, 0.29) is 31.3 Å². The molecule has 1 amide bonds. The van der Waals surface area contributed by atoms with Gasteiger partial charge in [-0.15, -0.1) is 0 Å². The van der Waals surface area contributed by atoms with Gasteiger partial charge in [0, 0.05) is 5.70 Å². The summed E-state index contributed by atoms with van der Waals surface area (Å²) >= 11 is 0. The van der Waals surface area contributed by atoms with Crippen molar-refractivity contribution in [1.82, 2.24) is 4.90 Å². The summed E-state index contributed by atoms with van der Waals surface area (Å²) in [6.45, 7) is 2.30. The minimum Gasteiger partial charge on any atom is -0.481 e. The molecule has 162 valence electrons. The summed E-state index contributed by atoms with van der Waals surface area (Å²) in [7, 11) is 0. The topological polar surface area (TPSA) is 83.9 Å². The van der Waals surface area contributed by atoms with Crippen LogP contribution in [-0.4, -0.2) is 34.5 Å². The second kappa shape index (κ2) is 8.53. The Morgan fingerprint density at radius 2 is 1.97 bits per heavy atom. The molecule has 1 heterocycles. The fourth-order valence-electron chi connectivity index (χ4n) is 5.08. The molecule has 2 aromatic carbocycles. The minimum absolute atomic E-state index is 0.189. The van der Waals surface area contributed by atoms with Crippen LogP contribution in [0.15, 0.2) is 54.2 Å². The van der Waals surface area contributed by atoms with Crippen LogP contribution >= 0.6 is 0 Å². The van der Waals surface area contributed by atoms with Crippen molar-refractivity contribution in [3.63, 3.8) is 0 Å². The highest BCUT2D eigenvalue weighted by molar-refractivity contribution is 5.92. The average molecular weight is 421 g/mol. The summed E-state index contributed by atoms with van der Waals surface area (Å²) in [5, 5.41) is 11.5. The van der Waals surface area contributed by atoms with Gasteiger partial charge in [0.15, 0.2) is 0 Å². The first kappa shape index (κ1) is 21.1. The number of allylic oxidation sites excluding steroid dienone is 1. The van der Waals surface area contributed by atoms with Crippen molar-refractivity contribution in [2.75, 3.05) is 6.61 Å². The van der Waals surface area contributed by atoms with E-state index in [4.69, 9.17) is 4.74 Å². The average Bonchev–Trinajstić information content (AvgIpc) is 2.76. The Bertz CT molecular complexity index is 1050. The van der Waals surface area contributed by atoms with E-state index < -0.39 is 17.3 Å². The first-order valence-corrected chi connectivity index (χ1v) is 10.8. The molecule has 0 saturated carbocycles. The quantitative estimate of drug-likeness (QED) is 0.704. The van der Waals surface area contributed by atoms with E-state index in [0.717, 1.165) is 29.2 Å². The Labute approximate surface area is 181 Å². The summed E-state index contributed by atoms with van der Waals surface area (Å²) in [5.74, 6) is -2.38. The standard InChI is InChI=1S/C25H27NO5/c1-2-31-24(30)25-13-6-5-12-21(25)26(23(29)19(15-25)14-22(27)28)16-18-10-7-9-17-8-3-4-11-20(17)18/h3-4,7-12,19H,2,5-6,13-16H2,1H3,(H,27,28)/t19-,25-/m0/s1. The van der Waals surface area contributed by atoms with Crippen molar-refractivity contribution in [2.45, 2.75) is 45.6 Å². The highest BCUT2D eigenvalue weighted by Crippen LogP contribution is 2.50. The first-order valence-electron chi connectivity index (χ1n) is 10.8. The molecular formula is C25H27NO5. The fraction of sp³-hybridized carbons (Fsp3) is 0.400. The molecule has 0 bridgehead atoms. The number of aliphatic carboxylic acids is 1. The Hall–Kier alpha value is -3.15. The normalized spacial score (nSPS) is 23.3. The molecule has 0 aromatic heterocycles. The number of hydrogen-bond acceptors (Lipinski definition) is 4. The number of amides is 1. The van der Waals surface area contributed by atoms with Crippen LogP contribution in [0.4, 0.5) is 0 Å². The molecule has 2 aliphatic rings. The molecule has 1 saturated heterocycles. The van der Waals surface area contributed by atoms with Gasteiger partial charge in [-0.05, 0) is 48.9 Å². The number of piperidine rings is 1. The summed E-state index contributed by atoms with van der Waals surface area (Å²) < 4.78 is 5.43. The number of carbonyl (C=O) groups is 3. The lowest BCUT2D eigenvalue weighted by Crippen LogP contribution is -2.53. The van der Waals surface area contributed by atoms with Crippen LogP contribution < -0.4 is 0 Å². The number of likely N-dealkylation sites (tertiary alicyclic amines) is 1. The van der Waals surface area contributed by atoms with Gasteiger partial charge in [0.2, 0.25) is 5.91 Å². The molecule has 0 unspecified atom stereocenters. The van der Waals surface area contributed by atoms with Crippen LogP contribution in [0.1, 0.15) is 44.6 Å². The SMILES string of the molecule is CCOC(=O)[C@]12CCCC=C1N(Cc1cccc3ccccc13)C(=O)[C@@H](CC(=O)O)C2. The third-order valence-electron chi connectivity index (χ3n) is 6.43.